The average molecular weight is 298 g/mol. The maximum Gasteiger partial charge on any atom is 0.296 e. The molecule has 0 amide bonds. The maximum atomic E-state index is 12.0. The highest BCUT2D eigenvalue weighted by Crippen LogP contribution is 2.34. The number of hydrogen-bond donors (Lipinski definition) is 0. The van der Waals surface area contributed by atoms with E-state index in [9.17, 15) is 8.42 Å². The first kappa shape index (κ1) is 15.5. The van der Waals surface area contributed by atoms with Crippen molar-refractivity contribution in [1.82, 2.24) is 0 Å². The SMILES string of the molecule is CCC1(CCCOS(=O)(=O)c2ccc(C)cc2)CCO1. The molecule has 1 aliphatic heterocycles. The van der Waals surface area contributed by atoms with Crippen LogP contribution in [0.4, 0.5) is 0 Å². The zero-order valence-corrected chi connectivity index (χ0v) is 12.9. The minimum absolute atomic E-state index is 0.0308. The first-order chi connectivity index (χ1) is 9.47. The summed E-state index contributed by atoms with van der Waals surface area (Å²) in [5.41, 5.74) is 0.993. The third-order valence-corrected chi connectivity index (χ3v) is 5.26. The van der Waals surface area contributed by atoms with E-state index in [0.29, 0.717) is 6.42 Å². The lowest BCUT2D eigenvalue weighted by molar-refractivity contribution is -0.154. The Kier molecular flexibility index (Phi) is 4.83. The van der Waals surface area contributed by atoms with Crippen LogP contribution in [-0.2, 0) is 19.0 Å². The Bertz CT molecular complexity index is 524. The molecule has 20 heavy (non-hydrogen) atoms. The molecule has 1 aromatic rings. The second-order valence-electron chi connectivity index (χ2n) is 5.33. The van der Waals surface area contributed by atoms with Gasteiger partial charge < -0.3 is 4.74 Å². The Morgan fingerprint density at radius 2 is 1.95 bits per heavy atom. The smallest absolute Gasteiger partial charge is 0.296 e. The normalized spacial score (nSPS) is 22.5. The number of benzene rings is 1. The van der Waals surface area contributed by atoms with Gasteiger partial charge >= 0.3 is 0 Å². The number of aryl methyl sites for hydroxylation is 1. The molecule has 0 aromatic heterocycles. The molecule has 1 saturated heterocycles. The molecule has 112 valence electrons. The Morgan fingerprint density at radius 1 is 1.30 bits per heavy atom. The molecule has 1 heterocycles. The second-order valence-corrected chi connectivity index (χ2v) is 6.94. The summed E-state index contributed by atoms with van der Waals surface area (Å²) in [5.74, 6) is 0. The predicted molar refractivity (Wildman–Crippen MR) is 77.1 cm³/mol. The van der Waals surface area contributed by atoms with E-state index < -0.39 is 10.1 Å². The summed E-state index contributed by atoms with van der Waals surface area (Å²) in [6, 6.07) is 6.69. The molecule has 0 saturated carbocycles. The number of hydrogen-bond acceptors (Lipinski definition) is 4. The van der Waals surface area contributed by atoms with Crippen LogP contribution < -0.4 is 0 Å². The van der Waals surface area contributed by atoms with Crippen molar-refractivity contribution in [3.8, 4) is 0 Å². The lowest BCUT2D eigenvalue weighted by Crippen LogP contribution is -2.43. The van der Waals surface area contributed by atoms with Gasteiger partial charge in [0.1, 0.15) is 0 Å². The summed E-state index contributed by atoms with van der Waals surface area (Å²) in [6.45, 7) is 5.04. The van der Waals surface area contributed by atoms with Crippen LogP contribution in [0.15, 0.2) is 29.2 Å². The van der Waals surface area contributed by atoms with Crippen LogP contribution >= 0.6 is 0 Å². The van der Waals surface area contributed by atoms with Gasteiger partial charge in [0.05, 0.1) is 23.7 Å². The Balaban J connectivity index is 1.82. The maximum absolute atomic E-state index is 12.0. The van der Waals surface area contributed by atoms with Crippen molar-refractivity contribution in [1.29, 1.82) is 0 Å². The van der Waals surface area contributed by atoms with Crippen molar-refractivity contribution in [3.63, 3.8) is 0 Å². The molecular formula is C15H22O4S. The lowest BCUT2D eigenvalue weighted by atomic mass is 9.87. The second kappa shape index (κ2) is 6.24. The van der Waals surface area contributed by atoms with E-state index in [4.69, 9.17) is 8.92 Å². The van der Waals surface area contributed by atoms with Gasteiger partial charge in [0, 0.05) is 0 Å². The zero-order valence-electron chi connectivity index (χ0n) is 12.1. The van der Waals surface area contributed by atoms with Crippen LogP contribution in [0.1, 0.15) is 38.2 Å². The van der Waals surface area contributed by atoms with Crippen molar-refractivity contribution in [2.45, 2.75) is 50.0 Å². The molecule has 1 fully saturated rings. The fourth-order valence-corrected chi connectivity index (χ4v) is 3.32. The fourth-order valence-electron chi connectivity index (χ4n) is 2.38. The quantitative estimate of drug-likeness (QED) is 0.573. The third-order valence-electron chi connectivity index (χ3n) is 3.94. The van der Waals surface area contributed by atoms with Crippen LogP contribution in [-0.4, -0.2) is 27.2 Å². The molecule has 0 aliphatic carbocycles. The molecule has 4 nitrogen and oxygen atoms in total. The molecule has 5 heteroatoms. The van der Waals surface area contributed by atoms with Crippen molar-refractivity contribution in [3.05, 3.63) is 29.8 Å². The van der Waals surface area contributed by atoms with Gasteiger partial charge in [-0.2, -0.15) is 8.42 Å². The third kappa shape index (κ3) is 3.59. The standard InChI is InChI=1S/C15H22O4S/c1-3-15(10-12-18-15)9-4-11-19-20(16,17)14-7-5-13(2)6-8-14/h5-8H,3-4,9-12H2,1-2H3. The van der Waals surface area contributed by atoms with E-state index in [1.165, 1.54) is 0 Å². The first-order valence-corrected chi connectivity index (χ1v) is 8.48. The summed E-state index contributed by atoms with van der Waals surface area (Å²) >= 11 is 0. The highest BCUT2D eigenvalue weighted by atomic mass is 32.2. The van der Waals surface area contributed by atoms with Gasteiger partial charge in [-0.05, 0) is 44.7 Å². The van der Waals surface area contributed by atoms with E-state index in [2.05, 4.69) is 6.92 Å². The highest BCUT2D eigenvalue weighted by molar-refractivity contribution is 7.86. The van der Waals surface area contributed by atoms with Gasteiger partial charge in [-0.1, -0.05) is 24.6 Å². The number of rotatable bonds is 7. The van der Waals surface area contributed by atoms with Gasteiger partial charge in [0.25, 0.3) is 10.1 Å². The summed E-state index contributed by atoms with van der Waals surface area (Å²) in [6.07, 6.45) is 3.58. The molecular weight excluding hydrogens is 276 g/mol. The molecule has 1 atom stereocenters. The van der Waals surface area contributed by atoms with Crippen LogP contribution in [0.5, 0.6) is 0 Å². The van der Waals surface area contributed by atoms with Crippen molar-refractivity contribution >= 4 is 10.1 Å². The van der Waals surface area contributed by atoms with Gasteiger partial charge in [-0.3, -0.25) is 4.18 Å². The minimum Gasteiger partial charge on any atom is -0.375 e. The highest BCUT2D eigenvalue weighted by Gasteiger charge is 2.35. The summed E-state index contributed by atoms with van der Waals surface area (Å²) in [4.78, 5) is 0.216. The molecule has 1 unspecified atom stereocenters. The molecule has 0 N–H and O–H groups in total. The number of ether oxygens (including phenoxy) is 1. The average Bonchev–Trinajstić information content (AvgIpc) is 2.37. The van der Waals surface area contributed by atoms with E-state index in [1.54, 1.807) is 24.3 Å². The predicted octanol–water partition coefficient (Wildman–Crippen LogP) is 3.05. The van der Waals surface area contributed by atoms with Crippen molar-refractivity contribution < 1.29 is 17.3 Å². The molecule has 0 radical (unpaired) electrons. The van der Waals surface area contributed by atoms with E-state index >= 15 is 0 Å². The van der Waals surface area contributed by atoms with Crippen molar-refractivity contribution in [2.24, 2.45) is 0 Å². The largest absolute Gasteiger partial charge is 0.375 e. The van der Waals surface area contributed by atoms with Gasteiger partial charge in [0.15, 0.2) is 0 Å². The molecule has 2 rings (SSSR count). The van der Waals surface area contributed by atoms with Gasteiger partial charge in [-0.25, -0.2) is 0 Å². The summed E-state index contributed by atoms with van der Waals surface area (Å²) in [7, 11) is -3.63. The topological polar surface area (TPSA) is 52.6 Å². The van der Waals surface area contributed by atoms with Crippen molar-refractivity contribution in [2.75, 3.05) is 13.2 Å². The minimum atomic E-state index is -3.63. The van der Waals surface area contributed by atoms with Gasteiger partial charge in [-0.15, -0.1) is 0 Å². The zero-order chi connectivity index (χ0) is 14.6. The fraction of sp³-hybridized carbons (Fsp3) is 0.600. The van der Waals surface area contributed by atoms with E-state index in [0.717, 1.165) is 31.4 Å². The van der Waals surface area contributed by atoms with Crippen LogP contribution in [0.2, 0.25) is 0 Å². The Morgan fingerprint density at radius 3 is 2.45 bits per heavy atom. The Hall–Kier alpha value is -0.910. The van der Waals surface area contributed by atoms with Crippen LogP contribution in [0, 0.1) is 6.92 Å². The van der Waals surface area contributed by atoms with Crippen LogP contribution in [0.25, 0.3) is 0 Å². The van der Waals surface area contributed by atoms with Crippen LogP contribution in [0.3, 0.4) is 0 Å². The van der Waals surface area contributed by atoms with Gasteiger partial charge in [0.2, 0.25) is 0 Å². The van der Waals surface area contributed by atoms with E-state index in [1.807, 2.05) is 6.92 Å². The molecule has 0 bridgehead atoms. The Labute approximate surface area is 121 Å². The monoisotopic (exact) mass is 298 g/mol. The first-order valence-electron chi connectivity index (χ1n) is 7.07. The molecule has 1 aromatic carbocycles. The molecule has 1 aliphatic rings. The summed E-state index contributed by atoms with van der Waals surface area (Å²) in [5, 5.41) is 0. The summed E-state index contributed by atoms with van der Waals surface area (Å²) < 4.78 is 34.6. The lowest BCUT2D eigenvalue weighted by Gasteiger charge is -2.41. The molecule has 0 spiro atoms. The van der Waals surface area contributed by atoms with E-state index in [-0.39, 0.29) is 17.1 Å².